The van der Waals surface area contributed by atoms with E-state index in [4.69, 9.17) is 16.6 Å². The minimum atomic E-state index is -0.0733. The van der Waals surface area contributed by atoms with Gasteiger partial charge in [-0.1, -0.05) is 6.92 Å². The Labute approximate surface area is 118 Å². The average molecular weight is 281 g/mol. The molecule has 0 radical (unpaired) electrons. The molecule has 1 aliphatic carbocycles. The topological polar surface area (TPSA) is 35.6 Å². The van der Waals surface area contributed by atoms with Gasteiger partial charge < -0.3 is 4.57 Å². The Morgan fingerprint density at radius 1 is 1.42 bits per heavy atom. The van der Waals surface area contributed by atoms with Gasteiger partial charge in [0.15, 0.2) is 5.65 Å². The number of hydrogen-bond donors (Lipinski definition) is 0. The standard InChI is InChI=1S/C14H21ClN4/c1-5-14(7-6-8-14)19-12(9(2)15)16-11-10(3)17-18(4)13(11)19/h9H,5-8H2,1-4H3. The number of fused-ring (bicyclic) bond motifs is 1. The summed E-state index contributed by atoms with van der Waals surface area (Å²) < 4.78 is 4.33. The molecule has 1 unspecified atom stereocenters. The Morgan fingerprint density at radius 3 is 2.58 bits per heavy atom. The van der Waals surface area contributed by atoms with Crippen molar-refractivity contribution in [3.8, 4) is 0 Å². The van der Waals surface area contributed by atoms with Crippen molar-refractivity contribution in [3.63, 3.8) is 0 Å². The van der Waals surface area contributed by atoms with Crippen LogP contribution in [0.4, 0.5) is 0 Å². The number of hydrogen-bond acceptors (Lipinski definition) is 2. The first-order valence-electron chi connectivity index (χ1n) is 7.06. The van der Waals surface area contributed by atoms with E-state index >= 15 is 0 Å². The number of rotatable bonds is 3. The summed E-state index contributed by atoms with van der Waals surface area (Å²) in [5.41, 5.74) is 3.32. The summed E-state index contributed by atoms with van der Waals surface area (Å²) in [4.78, 5) is 4.78. The molecule has 0 aromatic carbocycles. The van der Waals surface area contributed by atoms with Gasteiger partial charge in [-0.2, -0.15) is 5.10 Å². The fourth-order valence-electron chi connectivity index (χ4n) is 3.34. The summed E-state index contributed by atoms with van der Waals surface area (Å²) in [6.07, 6.45) is 4.85. The fourth-order valence-corrected chi connectivity index (χ4v) is 3.49. The molecule has 0 spiro atoms. The van der Waals surface area contributed by atoms with Crippen molar-refractivity contribution < 1.29 is 0 Å². The van der Waals surface area contributed by atoms with Gasteiger partial charge in [-0.3, -0.25) is 4.68 Å². The predicted molar refractivity (Wildman–Crippen MR) is 77.6 cm³/mol. The van der Waals surface area contributed by atoms with E-state index in [1.807, 2.05) is 25.6 Å². The highest BCUT2D eigenvalue weighted by molar-refractivity contribution is 6.20. The monoisotopic (exact) mass is 280 g/mol. The van der Waals surface area contributed by atoms with Crippen LogP contribution in [0.3, 0.4) is 0 Å². The van der Waals surface area contributed by atoms with Crippen molar-refractivity contribution in [3.05, 3.63) is 11.5 Å². The molecule has 1 atom stereocenters. The number of imidazole rings is 1. The lowest BCUT2D eigenvalue weighted by Gasteiger charge is -2.44. The number of aryl methyl sites for hydroxylation is 2. The lowest BCUT2D eigenvalue weighted by atomic mass is 9.74. The van der Waals surface area contributed by atoms with E-state index in [-0.39, 0.29) is 10.9 Å². The predicted octanol–water partition coefficient (Wildman–Crippen LogP) is 3.67. The molecule has 2 aromatic rings. The summed E-state index contributed by atoms with van der Waals surface area (Å²) in [5, 5.41) is 4.43. The van der Waals surface area contributed by atoms with Gasteiger partial charge in [-0.15, -0.1) is 11.6 Å². The lowest BCUT2D eigenvalue weighted by molar-refractivity contribution is 0.135. The normalized spacial score (nSPS) is 19.6. The van der Waals surface area contributed by atoms with Crippen molar-refractivity contribution in [2.45, 2.75) is 57.4 Å². The van der Waals surface area contributed by atoms with Gasteiger partial charge in [-0.25, -0.2) is 4.98 Å². The lowest BCUT2D eigenvalue weighted by Crippen LogP contribution is -2.41. The molecule has 0 amide bonds. The molecule has 2 aromatic heterocycles. The first-order chi connectivity index (χ1) is 9.00. The second-order valence-electron chi connectivity index (χ2n) is 5.73. The number of halogens is 1. The van der Waals surface area contributed by atoms with Crippen molar-refractivity contribution >= 4 is 22.8 Å². The number of alkyl halides is 1. The van der Waals surface area contributed by atoms with E-state index in [2.05, 4.69) is 16.6 Å². The molecular formula is C14H21ClN4. The maximum atomic E-state index is 6.37. The van der Waals surface area contributed by atoms with Crippen LogP contribution in [0.2, 0.25) is 0 Å². The molecule has 0 aliphatic heterocycles. The summed E-state index contributed by atoms with van der Waals surface area (Å²) >= 11 is 6.37. The molecule has 2 heterocycles. The summed E-state index contributed by atoms with van der Waals surface area (Å²) in [6, 6.07) is 0. The minimum Gasteiger partial charge on any atom is -0.305 e. The molecule has 1 aliphatic rings. The third-order valence-electron chi connectivity index (χ3n) is 4.60. The average Bonchev–Trinajstić information content (AvgIpc) is 2.80. The van der Waals surface area contributed by atoms with Crippen LogP contribution in [0.1, 0.15) is 56.4 Å². The Morgan fingerprint density at radius 2 is 2.11 bits per heavy atom. The number of nitrogens with zero attached hydrogens (tertiary/aromatic N) is 4. The van der Waals surface area contributed by atoms with Crippen molar-refractivity contribution in [2.24, 2.45) is 7.05 Å². The van der Waals surface area contributed by atoms with Crippen LogP contribution in [-0.4, -0.2) is 19.3 Å². The molecule has 19 heavy (non-hydrogen) atoms. The molecule has 104 valence electrons. The molecular weight excluding hydrogens is 260 g/mol. The zero-order chi connectivity index (χ0) is 13.8. The van der Waals surface area contributed by atoms with Gasteiger partial charge in [0.2, 0.25) is 0 Å². The van der Waals surface area contributed by atoms with Crippen LogP contribution in [0, 0.1) is 6.92 Å². The van der Waals surface area contributed by atoms with E-state index in [1.54, 1.807) is 0 Å². The second-order valence-corrected chi connectivity index (χ2v) is 6.39. The molecule has 0 saturated heterocycles. The highest BCUT2D eigenvalue weighted by Crippen LogP contribution is 2.46. The number of aromatic nitrogens is 4. The summed E-state index contributed by atoms with van der Waals surface area (Å²) in [6.45, 7) is 6.28. The molecule has 5 heteroatoms. The van der Waals surface area contributed by atoms with Gasteiger partial charge in [0.25, 0.3) is 0 Å². The van der Waals surface area contributed by atoms with Gasteiger partial charge in [0.05, 0.1) is 11.1 Å². The van der Waals surface area contributed by atoms with E-state index in [9.17, 15) is 0 Å². The fraction of sp³-hybridized carbons (Fsp3) is 0.714. The first-order valence-corrected chi connectivity index (χ1v) is 7.50. The Kier molecular flexibility index (Phi) is 2.89. The van der Waals surface area contributed by atoms with E-state index in [0.717, 1.165) is 29.1 Å². The van der Waals surface area contributed by atoms with Gasteiger partial charge in [0.1, 0.15) is 11.3 Å². The zero-order valence-corrected chi connectivity index (χ0v) is 12.8. The molecule has 3 rings (SSSR count). The highest BCUT2D eigenvalue weighted by atomic mass is 35.5. The molecule has 1 saturated carbocycles. The van der Waals surface area contributed by atoms with Gasteiger partial charge in [-0.05, 0) is 39.5 Å². The summed E-state index contributed by atoms with van der Waals surface area (Å²) in [7, 11) is 2.00. The third kappa shape index (κ3) is 1.65. The smallest absolute Gasteiger partial charge is 0.159 e. The van der Waals surface area contributed by atoms with Gasteiger partial charge >= 0.3 is 0 Å². The highest BCUT2D eigenvalue weighted by Gasteiger charge is 2.41. The minimum absolute atomic E-state index is 0.0733. The Balaban J connectivity index is 2.33. The van der Waals surface area contributed by atoms with Crippen molar-refractivity contribution in [1.29, 1.82) is 0 Å². The van der Waals surface area contributed by atoms with Crippen LogP contribution in [-0.2, 0) is 12.6 Å². The van der Waals surface area contributed by atoms with Crippen molar-refractivity contribution in [1.82, 2.24) is 19.3 Å². The Bertz CT molecular complexity index is 613. The van der Waals surface area contributed by atoms with Crippen molar-refractivity contribution in [2.75, 3.05) is 0 Å². The quantitative estimate of drug-likeness (QED) is 0.804. The van der Waals surface area contributed by atoms with Gasteiger partial charge in [0, 0.05) is 12.6 Å². The molecule has 0 bridgehead atoms. The van der Waals surface area contributed by atoms with Crippen LogP contribution >= 0.6 is 11.6 Å². The third-order valence-corrected chi connectivity index (χ3v) is 4.80. The summed E-state index contributed by atoms with van der Waals surface area (Å²) in [5.74, 6) is 0.995. The van der Waals surface area contributed by atoms with Crippen LogP contribution in [0.5, 0.6) is 0 Å². The molecule has 0 N–H and O–H groups in total. The molecule has 4 nitrogen and oxygen atoms in total. The first kappa shape index (κ1) is 13.0. The van der Waals surface area contributed by atoms with Crippen LogP contribution < -0.4 is 0 Å². The SMILES string of the molecule is CCC1(n2c(C(C)Cl)nc3c(C)nn(C)c32)CCC1. The molecule has 1 fully saturated rings. The van der Waals surface area contributed by atoms with Crippen LogP contribution in [0.25, 0.3) is 11.2 Å². The Hall–Kier alpha value is -1.03. The maximum absolute atomic E-state index is 6.37. The maximum Gasteiger partial charge on any atom is 0.159 e. The van der Waals surface area contributed by atoms with Crippen LogP contribution in [0.15, 0.2) is 0 Å². The van der Waals surface area contributed by atoms with E-state index in [1.165, 1.54) is 19.3 Å². The second kappa shape index (κ2) is 4.23. The zero-order valence-electron chi connectivity index (χ0n) is 12.1. The largest absolute Gasteiger partial charge is 0.305 e. The van der Waals surface area contributed by atoms with E-state index < -0.39 is 0 Å². The van der Waals surface area contributed by atoms with E-state index in [0.29, 0.717) is 0 Å².